The van der Waals surface area contributed by atoms with Crippen molar-refractivity contribution in [1.82, 2.24) is 0 Å². The monoisotopic (exact) mass is 546 g/mol. The molecule has 0 saturated carbocycles. The molecular weight excluding hydrogens is 504 g/mol. The Hall–Kier alpha value is -3.30. The molecule has 0 aromatic heterocycles. The summed E-state index contributed by atoms with van der Waals surface area (Å²) < 4.78 is 16.1. The molecule has 0 amide bonds. The molecule has 0 aliphatic carbocycles. The molecule has 2 aromatic carbocycles. The molecule has 0 atom stereocenters. The van der Waals surface area contributed by atoms with Crippen molar-refractivity contribution >= 4 is 12.3 Å². The van der Waals surface area contributed by atoms with Gasteiger partial charge in [0.15, 0.2) is 0 Å². The van der Waals surface area contributed by atoms with Gasteiger partial charge in [0.1, 0.15) is 34.2 Å². The summed E-state index contributed by atoms with van der Waals surface area (Å²) in [5.74, 6) is 1.57. The largest absolute Gasteiger partial charge is 0.546 e. The van der Waals surface area contributed by atoms with E-state index in [2.05, 4.69) is 13.8 Å². The predicted octanol–water partition coefficient (Wildman–Crippen LogP) is 9.09. The van der Waals surface area contributed by atoms with Gasteiger partial charge in [-0.2, -0.15) is 9.78 Å². The molecule has 9 nitrogen and oxygen atoms in total. The van der Waals surface area contributed by atoms with E-state index in [1.165, 1.54) is 0 Å². The van der Waals surface area contributed by atoms with Gasteiger partial charge >= 0.3 is 12.3 Å². The lowest BCUT2D eigenvalue weighted by molar-refractivity contribution is -0.314. The molecule has 2 aromatic rings. The van der Waals surface area contributed by atoms with Gasteiger partial charge in [0.2, 0.25) is 0 Å². The third-order valence-corrected chi connectivity index (χ3v) is 5.72. The summed E-state index contributed by atoms with van der Waals surface area (Å²) in [7, 11) is 0. The van der Waals surface area contributed by atoms with E-state index in [4.69, 9.17) is 33.8 Å². The summed E-state index contributed by atoms with van der Waals surface area (Å²) >= 11 is 0. The topological polar surface area (TPSA) is 98.8 Å². The first kappa shape index (κ1) is 31.9. The minimum absolute atomic E-state index is 0.276. The zero-order chi connectivity index (χ0) is 28.7. The van der Waals surface area contributed by atoms with E-state index in [0.29, 0.717) is 11.5 Å². The van der Waals surface area contributed by atoms with Crippen LogP contribution in [0.5, 0.6) is 23.0 Å². The molecule has 2 rings (SSSR count). The van der Waals surface area contributed by atoms with E-state index in [0.717, 1.165) is 51.4 Å². The van der Waals surface area contributed by atoms with Crippen molar-refractivity contribution in [1.29, 1.82) is 0 Å². The summed E-state index contributed by atoms with van der Waals surface area (Å²) in [6, 6.07) is 12.8. The number of carbonyl (C=O) groups is 2. The molecule has 0 bridgehead atoms. The average molecular weight is 547 g/mol. The second-order valence-corrected chi connectivity index (χ2v) is 10.5. The highest BCUT2D eigenvalue weighted by molar-refractivity contribution is 5.63. The van der Waals surface area contributed by atoms with Crippen LogP contribution in [0.4, 0.5) is 9.59 Å². The molecule has 0 aliphatic rings. The van der Waals surface area contributed by atoms with Crippen LogP contribution in [0.3, 0.4) is 0 Å². The molecule has 0 spiro atoms. The highest BCUT2D eigenvalue weighted by Gasteiger charge is 2.23. The molecule has 0 heterocycles. The quantitative estimate of drug-likeness (QED) is 0.0671. The number of benzene rings is 2. The maximum Gasteiger partial charge on any atom is 0.546 e. The van der Waals surface area contributed by atoms with Gasteiger partial charge in [-0.1, -0.05) is 52.4 Å². The van der Waals surface area contributed by atoms with E-state index in [9.17, 15) is 9.59 Å². The summed E-state index contributed by atoms with van der Waals surface area (Å²) in [5.41, 5.74) is -1.18. The summed E-state index contributed by atoms with van der Waals surface area (Å²) in [6.07, 6.45) is 5.98. The number of ether oxygens (including phenoxy) is 3. The second-order valence-electron chi connectivity index (χ2n) is 10.5. The molecule has 216 valence electrons. The van der Waals surface area contributed by atoms with Crippen molar-refractivity contribution in [3.8, 4) is 23.0 Å². The van der Waals surface area contributed by atoms with Crippen LogP contribution in [0.15, 0.2) is 48.5 Å². The maximum atomic E-state index is 12.0. The zero-order valence-corrected chi connectivity index (χ0v) is 23.9. The predicted molar refractivity (Wildman–Crippen MR) is 146 cm³/mol. The van der Waals surface area contributed by atoms with Crippen molar-refractivity contribution in [2.45, 2.75) is 104 Å². The van der Waals surface area contributed by atoms with Gasteiger partial charge in [-0.05, 0) is 89.1 Å². The first-order valence-corrected chi connectivity index (χ1v) is 13.5. The number of rotatable bonds is 16. The van der Waals surface area contributed by atoms with Gasteiger partial charge in [0.25, 0.3) is 0 Å². The van der Waals surface area contributed by atoms with Crippen molar-refractivity contribution in [3.63, 3.8) is 0 Å². The number of hydrogen-bond acceptors (Lipinski definition) is 9. The van der Waals surface area contributed by atoms with E-state index in [1.807, 2.05) is 27.7 Å². The van der Waals surface area contributed by atoms with Gasteiger partial charge in [-0.25, -0.2) is 9.59 Å². The van der Waals surface area contributed by atoms with Gasteiger partial charge in [-0.3, -0.25) is 9.78 Å². The van der Waals surface area contributed by atoms with Gasteiger partial charge in [0.05, 0.1) is 0 Å². The highest BCUT2D eigenvalue weighted by Crippen LogP contribution is 2.27. The lowest BCUT2D eigenvalue weighted by Crippen LogP contribution is -2.27. The zero-order valence-electron chi connectivity index (χ0n) is 23.9. The van der Waals surface area contributed by atoms with Gasteiger partial charge < -0.3 is 14.2 Å². The Morgan fingerprint density at radius 3 is 1.23 bits per heavy atom. The van der Waals surface area contributed by atoms with Crippen LogP contribution in [-0.4, -0.2) is 23.5 Å². The van der Waals surface area contributed by atoms with Crippen molar-refractivity contribution in [3.05, 3.63) is 48.5 Å². The third kappa shape index (κ3) is 13.4. The van der Waals surface area contributed by atoms with Crippen LogP contribution >= 0.6 is 0 Å². The average Bonchev–Trinajstić information content (AvgIpc) is 2.89. The molecule has 9 heteroatoms. The van der Waals surface area contributed by atoms with Crippen LogP contribution < -0.4 is 14.2 Å². The number of carbonyl (C=O) groups excluding carboxylic acids is 2. The van der Waals surface area contributed by atoms with Crippen LogP contribution in [0.2, 0.25) is 0 Å². The van der Waals surface area contributed by atoms with Gasteiger partial charge in [-0.15, -0.1) is 0 Å². The Balaban J connectivity index is 1.76. The first-order valence-electron chi connectivity index (χ1n) is 13.5. The number of hydrogen-bond donors (Lipinski definition) is 0. The molecule has 0 radical (unpaired) electrons. The van der Waals surface area contributed by atoms with E-state index >= 15 is 0 Å². The fraction of sp³-hybridized carbons (Fsp3) is 0.533. The van der Waals surface area contributed by atoms with E-state index in [-0.39, 0.29) is 11.5 Å². The maximum absolute atomic E-state index is 12.0. The molecular formula is C30H42O9. The normalized spacial score (nSPS) is 11.5. The Kier molecular flexibility index (Phi) is 13.1. The lowest BCUT2D eigenvalue weighted by Gasteiger charge is -2.22. The molecule has 39 heavy (non-hydrogen) atoms. The summed E-state index contributed by atoms with van der Waals surface area (Å²) in [5, 5.41) is 0. The summed E-state index contributed by atoms with van der Waals surface area (Å²) in [4.78, 5) is 44.0. The smallest absolute Gasteiger partial charge is 0.457 e. The Morgan fingerprint density at radius 2 is 0.897 bits per heavy atom. The fourth-order valence-electron chi connectivity index (χ4n) is 3.49. The minimum atomic E-state index is -0.952. The van der Waals surface area contributed by atoms with Crippen LogP contribution in [0, 0.1) is 0 Å². The second kappa shape index (κ2) is 16.0. The van der Waals surface area contributed by atoms with Crippen LogP contribution in [0.1, 0.15) is 92.9 Å². The fourth-order valence-corrected chi connectivity index (χ4v) is 3.49. The standard InChI is InChI=1S/C30H42O9/c1-7-9-11-21-29(3,4)38-36-27(31)34-25-17-13-23(14-18-25)33-24-15-19-26(20-16-24)35-28(32)37-39-30(5,6)22-12-10-8-2/h13-20H,7-12,21-22H2,1-6H3. The van der Waals surface area contributed by atoms with E-state index in [1.54, 1.807) is 48.5 Å². The van der Waals surface area contributed by atoms with Gasteiger partial charge in [0, 0.05) is 0 Å². The molecule has 0 aliphatic heterocycles. The first-order chi connectivity index (χ1) is 18.5. The van der Waals surface area contributed by atoms with Crippen LogP contribution in [-0.2, 0) is 19.6 Å². The minimum Gasteiger partial charge on any atom is -0.457 e. The van der Waals surface area contributed by atoms with Crippen LogP contribution in [0.25, 0.3) is 0 Å². The highest BCUT2D eigenvalue weighted by atomic mass is 17.2. The number of unbranched alkanes of at least 4 members (excludes halogenated alkanes) is 4. The Morgan fingerprint density at radius 1 is 0.564 bits per heavy atom. The van der Waals surface area contributed by atoms with Crippen molar-refractivity contribution < 1.29 is 43.3 Å². The Labute approximate surface area is 231 Å². The summed E-state index contributed by atoms with van der Waals surface area (Å²) in [6.45, 7) is 11.7. The third-order valence-electron chi connectivity index (χ3n) is 5.72. The van der Waals surface area contributed by atoms with E-state index < -0.39 is 23.5 Å². The lowest BCUT2D eigenvalue weighted by atomic mass is 10.0. The molecule has 0 fully saturated rings. The van der Waals surface area contributed by atoms with Crippen molar-refractivity contribution in [2.24, 2.45) is 0 Å². The molecule has 0 N–H and O–H groups in total. The molecule has 0 saturated heterocycles. The Bertz CT molecular complexity index is 917. The van der Waals surface area contributed by atoms with Crippen molar-refractivity contribution in [2.75, 3.05) is 0 Å². The SMILES string of the molecule is CCCCCC(C)(C)OOC(=O)Oc1ccc(Oc2ccc(OC(=O)OOC(C)(C)CCCCC)cc2)cc1. The molecule has 0 unspecified atom stereocenters.